The minimum Gasteiger partial charge on any atom is -0.491 e. The van der Waals surface area contributed by atoms with E-state index in [4.69, 9.17) is 4.74 Å². The Balaban J connectivity index is 0.00000324. The Morgan fingerprint density at radius 1 is 1.42 bits per heavy atom. The first kappa shape index (κ1) is 17.7. The molecule has 108 valence electrons. The van der Waals surface area contributed by atoms with Crippen molar-refractivity contribution in [2.75, 3.05) is 18.9 Å². The minimum atomic E-state index is -0.494. The van der Waals surface area contributed by atoms with Crippen molar-refractivity contribution in [1.29, 1.82) is 0 Å². The van der Waals surface area contributed by atoms with Gasteiger partial charge in [-0.25, -0.2) is 4.39 Å². The first-order valence-corrected chi connectivity index (χ1v) is 5.93. The zero-order chi connectivity index (χ0) is 13.5. The molecule has 0 bridgehead atoms. The molecule has 1 amide bonds. The zero-order valence-electron chi connectivity index (χ0n) is 11.3. The van der Waals surface area contributed by atoms with Crippen molar-refractivity contribution in [2.24, 2.45) is 0 Å². The third-order valence-corrected chi connectivity index (χ3v) is 2.19. The fraction of sp³-hybridized carbons (Fsp3) is 0.462. The molecule has 0 saturated heterocycles. The van der Waals surface area contributed by atoms with Crippen LogP contribution in [0.2, 0.25) is 0 Å². The van der Waals surface area contributed by atoms with Gasteiger partial charge in [-0.2, -0.15) is 0 Å². The van der Waals surface area contributed by atoms with E-state index >= 15 is 0 Å². The zero-order valence-corrected chi connectivity index (χ0v) is 12.1. The van der Waals surface area contributed by atoms with Gasteiger partial charge >= 0.3 is 0 Å². The van der Waals surface area contributed by atoms with Crippen molar-refractivity contribution < 1.29 is 13.9 Å². The fourth-order valence-corrected chi connectivity index (χ4v) is 1.39. The number of nitrogens with one attached hydrogen (secondary N) is 2. The summed E-state index contributed by atoms with van der Waals surface area (Å²) in [4.78, 5) is 11.4. The SMILES string of the molecule is CNCCC(=O)Nc1ccc(OC(C)C)cc1F.Cl. The van der Waals surface area contributed by atoms with Crippen LogP contribution < -0.4 is 15.4 Å². The van der Waals surface area contributed by atoms with Gasteiger partial charge in [0.15, 0.2) is 0 Å². The minimum absolute atomic E-state index is 0. The molecule has 0 spiro atoms. The van der Waals surface area contributed by atoms with Gasteiger partial charge in [0, 0.05) is 19.0 Å². The van der Waals surface area contributed by atoms with E-state index in [0.29, 0.717) is 18.7 Å². The Hall–Kier alpha value is -1.33. The lowest BCUT2D eigenvalue weighted by Crippen LogP contribution is -2.19. The van der Waals surface area contributed by atoms with Crippen molar-refractivity contribution in [2.45, 2.75) is 26.4 Å². The van der Waals surface area contributed by atoms with Crippen molar-refractivity contribution in [1.82, 2.24) is 5.32 Å². The Bertz CT molecular complexity index is 414. The summed E-state index contributed by atoms with van der Waals surface area (Å²) >= 11 is 0. The predicted octanol–water partition coefficient (Wildman–Crippen LogP) is 2.58. The molecule has 0 atom stereocenters. The standard InChI is InChI=1S/C13H19FN2O2.ClH/c1-9(2)18-10-4-5-12(11(14)8-10)16-13(17)6-7-15-3;/h4-5,8-9,15H,6-7H2,1-3H3,(H,16,17);1H. The summed E-state index contributed by atoms with van der Waals surface area (Å²) < 4.78 is 19.0. The molecule has 1 aromatic carbocycles. The second-order valence-corrected chi connectivity index (χ2v) is 4.21. The molecule has 0 radical (unpaired) electrons. The summed E-state index contributed by atoms with van der Waals surface area (Å²) in [5.74, 6) is -0.262. The van der Waals surface area contributed by atoms with E-state index in [9.17, 15) is 9.18 Å². The van der Waals surface area contributed by atoms with Crippen LogP contribution in [0.1, 0.15) is 20.3 Å². The molecule has 0 aromatic heterocycles. The van der Waals surface area contributed by atoms with Gasteiger partial charge in [0.1, 0.15) is 11.6 Å². The van der Waals surface area contributed by atoms with E-state index in [1.807, 2.05) is 13.8 Å². The number of benzene rings is 1. The van der Waals surface area contributed by atoms with E-state index < -0.39 is 5.82 Å². The van der Waals surface area contributed by atoms with Crippen LogP contribution in [-0.4, -0.2) is 25.6 Å². The van der Waals surface area contributed by atoms with Gasteiger partial charge in [0.25, 0.3) is 0 Å². The largest absolute Gasteiger partial charge is 0.491 e. The van der Waals surface area contributed by atoms with Gasteiger partial charge in [-0.3, -0.25) is 4.79 Å². The van der Waals surface area contributed by atoms with Gasteiger partial charge in [-0.05, 0) is 33.0 Å². The van der Waals surface area contributed by atoms with E-state index in [1.165, 1.54) is 12.1 Å². The average Bonchev–Trinajstić information content (AvgIpc) is 2.29. The van der Waals surface area contributed by atoms with E-state index in [2.05, 4.69) is 10.6 Å². The maximum Gasteiger partial charge on any atom is 0.225 e. The number of hydrogen-bond acceptors (Lipinski definition) is 3. The van der Waals surface area contributed by atoms with Crippen LogP contribution in [-0.2, 0) is 4.79 Å². The van der Waals surface area contributed by atoms with Crippen LogP contribution in [0.3, 0.4) is 0 Å². The van der Waals surface area contributed by atoms with Gasteiger partial charge in [-0.1, -0.05) is 0 Å². The number of ether oxygens (including phenoxy) is 1. The number of carbonyl (C=O) groups excluding carboxylic acids is 1. The molecular weight excluding hydrogens is 271 g/mol. The lowest BCUT2D eigenvalue weighted by molar-refractivity contribution is -0.116. The highest BCUT2D eigenvalue weighted by Crippen LogP contribution is 2.21. The van der Waals surface area contributed by atoms with E-state index in [0.717, 1.165) is 0 Å². The molecular formula is C13H20ClFN2O2. The topological polar surface area (TPSA) is 50.4 Å². The molecule has 0 fully saturated rings. The average molecular weight is 291 g/mol. The van der Waals surface area contributed by atoms with Crippen LogP contribution >= 0.6 is 12.4 Å². The molecule has 0 saturated carbocycles. The molecule has 6 heteroatoms. The first-order chi connectivity index (χ1) is 8.52. The normalized spacial score (nSPS) is 9.95. The second-order valence-electron chi connectivity index (χ2n) is 4.21. The maximum absolute atomic E-state index is 13.7. The smallest absolute Gasteiger partial charge is 0.225 e. The monoisotopic (exact) mass is 290 g/mol. The lowest BCUT2D eigenvalue weighted by atomic mass is 10.2. The van der Waals surface area contributed by atoms with Gasteiger partial charge < -0.3 is 15.4 Å². The summed E-state index contributed by atoms with van der Waals surface area (Å²) in [6, 6.07) is 4.41. The molecule has 0 unspecified atom stereocenters. The van der Waals surface area contributed by atoms with Crippen molar-refractivity contribution in [3.05, 3.63) is 24.0 Å². The number of hydrogen-bond donors (Lipinski definition) is 2. The molecule has 0 aliphatic heterocycles. The summed E-state index contributed by atoms with van der Waals surface area (Å²) in [6.07, 6.45) is 0.292. The Morgan fingerprint density at radius 3 is 2.63 bits per heavy atom. The summed E-state index contributed by atoms with van der Waals surface area (Å²) in [5, 5.41) is 5.37. The van der Waals surface area contributed by atoms with Crippen molar-refractivity contribution in [3.8, 4) is 5.75 Å². The highest BCUT2D eigenvalue weighted by molar-refractivity contribution is 5.91. The molecule has 1 rings (SSSR count). The molecule has 19 heavy (non-hydrogen) atoms. The van der Waals surface area contributed by atoms with Gasteiger partial charge in [-0.15, -0.1) is 12.4 Å². The second kappa shape index (κ2) is 8.72. The summed E-state index contributed by atoms with van der Waals surface area (Å²) in [6.45, 7) is 4.29. The molecule has 4 nitrogen and oxygen atoms in total. The Morgan fingerprint density at radius 2 is 2.11 bits per heavy atom. The number of halogens is 2. The molecule has 0 heterocycles. The molecule has 1 aromatic rings. The summed E-state index contributed by atoms with van der Waals surface area (Å²) in [5.41, 5.74) is 0.173. The third-order valence-electron chi connectivity index (χ3n) is 2.19. The van der Waals surface area contributed by atoms with Crippen LogP contribution in [0.5, 0.6) is 5.75 Å². The summed E-state index contributed by atoms with van der Waals surface area (Å²) in [7, 11) is 1.76. The Kier molecular flexibility index (Phi) is 8.11. The first-order valence-electron chi connectivity index (χ1n) is 5.93. The quantitative estimate of drug-likeness (QED) is 0.847. The maximum atomic E-state index is 13.7. The molecule has 0 aliphatic rings. The molecule has 2 N–H and O–H groups in total. The predicted molar refractivity (Wildman–Crippen MR) is 76.6 cm³/mol. The third kappa shape index (κ3) is 6.40. The number of anilines is 1. The Labute approximate surface area is 119 Å². The number of carbonyl (C=O) groups is 1. The van der Waals surface area contributed by atoms with E-state index in [-0.39, 0.29) is 30.1 Å². The highest BCUT2D eigenvalue weighted by Gasteiger charge is 2.08. The van der Waals surface area contributed by atoms with Crippen LogP contribution in [0, 0.1) is 5.82 Å². The van der Waals surface area contributed by atoms with Crippen LogP contribution in [0.4, 0.5) is 10.1 Å². The van der Waals surface area contributed by atoms with Crippen LogP contribution in [0.15, 0.2) is 18.2 Å². The number of amides is 1. The van der Waals surface area contributed by atoms with Crippen LogP contribution in [0.25, 0.3) is 0 Å². The molecule has 0 aliphatic carbocycles. The van der Waals surface area contributed by atoms with Gasteiger partial charge in [0.2, 0.25) is 5.91 Å². The number of rotatable bonds is 6. The highest BCUT2D eigenvalue weighted by atomic mass is 35.5. The fourth-order valence-electron chi connectivity index (χ4n) is 1.39. The van der Waals surface area contributed by atoms with Gasteiger partial charge in [0.05, 0.1) is 11.8 Å². The van der Waals surface area contributed by atoms with E-state index in [1.54, 1.807) is 13.1 Å². The lowest BCUT2D eigenvalue weighted by Gasteiger charge is -2.11. The van der Waals surface area contributed by atoms with Crippen molar-refractivity contribution >= 4 is 24.0 Å². The van der Waals surface area contributed by atoms with Crippen molar-refractivity contribution in [3.63, 3.8) is 0 Å².